The molecular formula is C48H74N2O2S3. The zero-order chi connectivity index (χ0) is 40.1. The van der Waals surface area contributed by atoms with Gasteiger partial charge in [-0.1, -0.05) is 160 Å². The van der Waals surface area contributed by atoms with E-state index in [-0.39, 0.29) is 22.6 Å². The third-order valence-corrected chi connectivity index (χ3v) is 17.4. The van der Waals surface area contributed by atoms with Crippen LogP contribution in [0, 0.1) is 11.8 Å². The molecule has 306 valence electrons. The molecule has 0 bridgehead atoms. The summed E-state index contributed by atoms with van der Waals surface area (Å²) in [6.45, 7) is 25.9. The van der Waals surface area contributed by atoms with E-state index in [9.17, 15) is 9.59 Å². The number of unbranched alkanes of at least 4 members (excludes halogenated alkanes) is 7. The van der Waals surface area contributed by atoms with E-state index in [2.05, 4.69) is 92.9 Å². The highest BCUT2D eigenvalue weighted by molar-refractivity contribution is 7.31. The molecule has 1 aliphatic heterocycles. The van der Waals surface area contributed by atoms with Gasteiger partial charge >= 0.3 is 0 Å². The Balaban J connectivity index is 1.67. The predicted octanol–water partition coefficient (Wildman–Crippen LogP) is 16.3. The lowest BCUT2D eigenvalue weighted by Crippen LogP contribution is -2.31. The first-order valence-corrected chi connectivity index (χ1v) is 24.8. The van der Waals surface area contributed by atoms with Gasteiger partial charge in [0.1, 0.15) is 0 Å². The fraction of sp³-hybridized carbons (Fsp3) is 0.708. The summed E-state index contributed by atoms with van der Waals surface area (Å²) in [7, 11) is 0. The minimum atomic E-state index is -0.237. The third kappa shape index (κ3) is 9.51. The van der Waals surface area contributed by atoms with Crippen LogP contribution in [-0.2, 0) is 10.8 Å². The van der Waals surface area contributed by atoms with Crippen LogP contribution in [0.5, 0.6) is 0 Å². The molecule has 4 aromatic heterocycles. The van der Waals surface area contributed by atoms with E-state index in [1.165, 1.54) is 115 Å². The van der Waals surface area contributed by atoms with E-state index in [0.29, 0.717) is 35.5 Å². The first-order valence-electron chi connectivity index (χ1n) is 22.4. The molecule has 7 heteroatoms. The lowest BCUT2D eigenvalue weighted by molar-refractivity contribution is 0.0650. The number of fused-ring (bicyclic) bond motifs is 4. The highest BCUT2D eigenvalue weighted by Crippen LogP contribution is 2.53. The number of imide groups is 1. The van der Waals surface area contributed by atoms with Crippen molar-refractivity contribution in [3.05, 3.63) is 33.0 Å². The molecule has 1 aliphatic rings. The fourth-order valence-electron chi connectivity index (χ4n) is 8.78. The molecule has 0 aliphatic carbocycles. The monoisotopic (exact) mass is 806 g/mol. The van der Waals surface area contributed by atoms with Crippen LogP contribution in [0.25, 0.3) is 30.2 Å². The molecule has 4 aromatic rings. The Morgan fingerprint density at radius 3 is 1.75 bits per heavy atom. The summed E-state index contributed by atoms with van der Waals surface area (Å²) < 4.78 is 5.56. The number of amides is 2. The maximum absolute atomic E-state index is 14.4. The van der Waals surface area contributed by atoms with Crippen molar-refractivity contribution in [1.82, 2.24) is 9.47 Å². The lowest BCUT2D eigenvalue weighted by atomic mass is 9.85. The Labute approximate surface area is 346 Å². The lowest BCUT2D eigenvalue weighted by Gasteiger charge is -2.29. The minimum Gasteiger partial charge on any atom is -0.336 e. The molecule has 0 aromatic carbocycles. The van der Waals surface area contributed by atoms with E-state index < -0.39 is 0 Å². The second-order valence-electron chi connectivity index (χ2n) is 18.5. The van der Waals surface area contributed by atoms with Crippen molar-refractivity contribution in [2.75, 3.05) is 6.54 Å². The van der Waals surface area contributed by atoms with Crippen LogP contribution in [0.1, 0.15) is 222 Å². The Bertz CT molecular complexity index is 1860. The van der Waals surface area contributed by atoms with Gasteiger partial charge in [-0.25, -0.2) is 0 Å². The van der Waals surface area contributed by atoms with E-state index in [4.69, 9.17) is 0 Å². The maximum Gasteiger partial charge on any atom is 0.263 e. The first-order chi connectivity index (χ1) is 26.3. The molecule has 0 saturated heterocycles. The van der Waals surface area contributed by atoms with Crippen molar-refractivity contribution in [1.29, 1.82) is 0 Å². The Morgan fingerprint density at radius 1 is 0.636 bits per heavy atom. The van der Waals surface area contributed by atoms with Gasteiger partial charge in [-0.15, -0.1) is 34.0 Å². The Morgan fingerprint density at radius 2 is 1.18 bits per heavy atom. The zero-order valence-corrected chi connectivity index (χ0v) is 39.0. The number of hydrogen-bond acceptors (Lipinski definition) is 5. The summed E-state index contributed by atoms with van der Waals surface area (Å²) >= 11 is 5.57. The molecule has 0 spiro atoms. The Kier molecular flexibility index (Phi) is 15.4. The summed E-state index contributed by atoms with van der Waals surface area (Å²) in [5, 5.41) is 0. The van der Waals surface area contributed by atoms with Gasteiger partial charge in [-0.2, -0.15) is 0 Å². The van der Waals surface area contributed by atoms with Crippen LogP contribution in [0.15, 0.2) is 12.1 Å². The van der Waals surface area contributed by atoms with E-state index in [0.717, 1.165) is 33.9 Å². The van der Waals surface area contributed by atoms with Crippen molar-refractivity contribution in [2.24, 2.45) is 11.8 Å². The molecule has 55 heavy (non-hydrogen) atoms. The van der Waals surface area contributed by atoms with Crippen molar-refractivity contribution in [2.45, 2.75) is 202 Å². The largest absolute Gasteiger partial charge is 0.336 e. The van der Waals surface area contributed by atoms with Crippen molar-refractivity contribution in [3.63, 3.8) is 0 Å². The van der Waals surface area contributed by atoms with Gasteiger partial charge < -0.3 is 4.57 Å². The average Bonchev–Trinajstić information content (AvgIpc) is 3.96. The molecular weight excluding hydrogens is 733 g/mol. The van der Waals surface area contributed by atoms with Crippen molar-refractivity contribution >= 4 is 66.3 Å². The molecule has 2 atom stereocenters. The van der Waals surface area contributed by atoms with Gasteiger partial charge in [0.05, 0.1) is 36.4 Å². The molecule has 0 N–H and O–H groups in total. The van der Waals surface area contributed by atoms with Crippen molar-refractivity contribution in [3.8, 4) is 9.75 Å². The molecule has 0 radical (unpaired) electrons. The van der Waals surface area contributed by atoms with Gasteiger partial charge in [-0.3, -0.25) is 14.5 Å². The third-order valence-electron chi connectivity index (χ3n) is 12.8. The topological polar surface area (TPSA) is 42.3 Å². The second-order valence-corrected chi connectivity index (χ2v) is 21.6. The number of aromatic nitrogens is 1. The average molecular weight is 807 g/mol. The van der Waals surface area contributed by atoms with E-state index >= 15 is 0 Å². The van der Waals surface area contributed by atoms with Crippen LogP contribution in [0.4, 0.5) is 0 Å². The smallest absolute Gasteiger partial charge is 0.263 e. The van der Waals surface area contributed by atoms with Crippen LogP contribution in [0.3, 0.4) is 0 Å². The molecule has 0 fully saturated rings. The maximum atomic E-state index is 14.4. The highest BCUT2D eigenvalue weighted by atomic mass is 32.1. The Hall–Kier alpha value is -1.96. The summed E-state index contributed by atoms with van der Waals surface area (Å²) in [6, 6.07) is 5.40. The second kappa shape index (κ2) is 19.2. The number of carbonyl (C=O) groups excluding carboxylic acids is 2. The molecule has 2 unspecified atom stereocenters. The highest BCUT2D eigenvalue weighted by Gasteiger charge is 2.44. The van der Waals surface area contributed by atoms with E-state index in [1.54, 1.807) is 16.2 Å². The first kappa shape index (κ1) is 44.1. The van der Waals surface area contributed by atoms with Gasteiger partial charge in [0, 0.05) is 27.2 Å². The molecule has 5 rings (SSSR count). The summed E-state index contributed by atoms with van der Waals surface area (Å²) in [4.78, 5) is 34.8. The standard InChI is InChI=1S/C48H74N2O2S3/c1-12-18-21-22-23-24-27-49-45(51)39-40(46(49)52)44(47(7,8)9)55-43(39)37-30-35-41(53-37)42-36(31-38(54-42)48(10,11)17-6)50(35)34(28-32(15-4)25-19-13-2)29-33(16-5)26-20-14-3/h30-34H,12-29H2,1-11H3. The predicted molar refractivity (Wildman–Crippen MR) is 244 cm³/mol. The van der Waals surface area contributed by atoms with Crippen LogP contribution < -0.4 is 0 Å². The number of nitrogens with zero attached hydrogens (tertiary/aromatic N) is 2. The number of carbonyl (C=O) groups is 2. The molecule has 4 nitrogen and oxygen atoms in total. The molecule has 0 saturated carbocycles. The van der Waals surface area contributed by atoms with Crippen LogP contribution in [0.2, 0.25) is 0 Å². The van der Waals surface area contributed by atoms with Gasteiger partial charge in [0.15, 0.2) is 0 Å². The van der Waals surface area contributed by atoms with Gasteiger partial charge in [0.25, 0.3) is 11.8 Å². The number of hydrogen-bond donors (Lipinski definition) is 0. The minimum absolute atomic E-state index is 0.0749. The van der Waals surface area contributed by atoms with Crippen LogP contribution in [-0.4, -0.2) is 27.8 Å². The van der Waals surface area contributed by atoms with Gasteiger partial charge in [0.2, 0.25) is 0 Å². The normalized spacial score (nSPS) is 15.6. The fourth-order valence-corrected chi connectivity index (χ4v) is 12.9. The van der Waals surface area contributed by atoms with Crippen molar-refractivity contribution < 1.29 is 9.59 Å². The van der Waals surface area contributed by atoms with Gasteiger partial charge in [-0.05, 0) is 60.5 Å². The quantitative estimate of drug-likeness (QED) is 0.0553. The number of rotatable bonds is 23. The van der Waals surface area contributed by atoms with E-state index in [1.807, 2.05) is 22.7 Å². The zero-order valence-electron chi connectivity index (χ0n) is 36.6. The molecule has 2 amide bonds. The van der Waals surface area contributed by atoms with Crippen LogP contribution >= 0.6 is 34.0 Å². The summed E-state index contributed by atoms with van der Waals surface area (Å²) in [5.41, 5.74) is 3.97. The summed E-state index contributed by atoms with van der Waals surface area (Å²) in [5.74, 6) is 1.26. The SMILES string of the molecule is CCCCCCCCN1C(=O)c2c(-c3cc4c(s3)c3sc(C(C)(C)CC)cc3n4C(CC(CC)CCCC)CC(CC)CCCC)sc(C(C)(C)C)c2C1=O. The number of thiophene rings is 3. The summed E-state index contributed by atoms with van der Waals surface area (Å²) in [6.07, 6.45) is 20.5. The molecule has 5 heterocycles.